The van der Waals surface area contributed by atoms with Crippen molar-refractivity contribution in [2.45, 2.75) is 0 Å². The first-order valence-corrected chi connectivity index (χ1v) is 6.31. The molecule has 3 rings (SSSR count). The Balaban J connectivity index is 2.16. The van der Waals surface area contributed by atoms with Crippen LogP contribution in [0.5, 0.6) is 0 Å². The predicted molar refractivity (Wildman–Crippen MR) is 75.7 cm³/mol. The minimum Gasteiger partial charge on any atom is -0.393 e. The number of rotatable bonds is 2. The number of fused-ring (bicyclic) bond motifs is 1. The fourth-order valence-corrected chi connectivity index (χ4v) is 2.38. The highest BCUT2D eigenvalue weighted by atomic mass is 16.6. The van der Waals surface area contributed by atoms with Crippen LogP contribution in [0, 0.1) is 10.1 Å². The molecule has 0 radical (unpaired) electrons. The van der Waals surface area contributed by atoms with Gasteiger partial charge in [0.2, 0.25) is 0 Å². The van der Waals surface area contributed by atoms with Gasteiger partial charge in [-0.25, -0.2) is 9.97 Å². The molecule has 8 heteroatoms. The van der Waals surface area contributed by atoms with Crippen LogP contribution in [-0.2, 0) is 0 Å². The van der Waals surface area contributed by atoms with Crippen molar-refractivity contribution in [3.63, 3.8) is 0 Å². The molecule has 3 N–H and O–H groups in total. The molecule has 8 nitrogen and oxygen atoms in total. The lowest BCUT2D eigenvalue weighted by molar-refractivity contribution is -0.383. The average molecular weight is 274 g/mol. The van der Waals surface area contributed by atoms with Crippen LogP contribution >= 0.6 is 0 Å². The predicted octanol–water partition coefficient (Wildman–Crippen LogP) is 0.530. The second-order valence-corrected chi connectivity index (χ2v) is 4.62. The molecular weight excluding hydrogens is 260 g/mol. The van der Waals surface area contributed by atoms with Gasteiger partial charge in [-0.1, -0.05) is 0 Å². The minimum absolute atomic E-state index is 0.108. The number of benzene rings is 1. The van der Waals surface area contributed by atoms with Gasteiger partial charge in [0.15, 0.2) is 0 Å². The highest BCUT2D eigenvalue weighted by molar-refractivity contribution is 5.94. The number of nitro benzene ring substituents is 1. The first-order valence-electron chi connectivity index (χ1n) is 6.31. The summed E-state index contributed by atoms with van der Waals surface area (Å²) in [6, 6.07) is 2.99. The van der Waals surface area contributed by atoms with Gasteiger partial charge in [-0.05, 0) is 6.07 Å². The van der Waals surface area contributed by atoms with Crippen LogP contribution in [0.2, 0.25) is 0 Å². The molecule has 0 amide bonds. The van der Waals surface area contributed by atoms with Crippen molar-refractivity contribution in [1.82, 2.24) is 15.3 Å². The Morgan fingerprint density at radius 3 is 2.75 bits per heavy atom. The van der Waals surface area contributed by atoms with Crippen LogP contribution in [0.15, 0.2) is 18.5 Å². The maximum Gasteiger partial charge on any atom is 0.293 e. The van der Waals surface area contributed by atoms with Gasteiger partial charge < -0.3 is 16.0 Å². The summed E-state index contributed by atoms with van der Waals surface area (Å²) in [5, 5.41) is 14.9. The zero-order chi connectivity index (χ0) is 14.1. The quantitative estimate of drug-likeness (QED) is 0.467. The van der Waals surface area contributed by atoms with E-state index in [9.17, 15) is 10.1 Å². The highest BCUT2D eigenvalue weighted by Crippen LogP contribution is 2.31. The molecule has 20 heavy (non-hydrogen) atoms. The average Bonchev–Trinajstić information content (AvgIpc) is 2.46. The number of nitrogens with zero attached hydrogens (tertiary/aromatic N) is 4. The summed E-state index contributed by atoms with van der Waals surface area (Å²) in [4.78, 5) is 21.1. The van der Waals surface area contributed by atoms with E-state index in [1.54, 1.807) is 0 Å². The second kappa shape index (κ2) is 4.89. The van der Waals surface area contributed by atoms with Crippen LogP contribution in [0.3, 0.4) is 0 Å². The maximum absolute atomic E-state index is 11.0. The van der Waals surface area contributed by atoms with Gasteiger partial charge in [0.1, 0.15) is 17.8 Å². The molecule has 0 spiro atoms. The molecule has 0 bridgehead atoms. The smallest absolute Gasteiger partial charge is 0.293 e. The van der Waals surface area contributed by atoms with E-state index in [1.165, 1.54) is 18.5 Å². The second-order valence-electron chi connectivity index (χ2n) is 4.62. The molecule has 0 atom stereocenters. The molecule has 2 heterocycles. The lowest BCUT2D eigenvalue weighted by atomic mass is 10.1. The molecule has 1 saturated heterocycles. The Labute approximate surface area is 114 Å². The topological polar surface area (TPSA) is 110 Å². The van der Waals surface area contributed by atoms with E-state index in [0.29, 0.717) is 10.9 Å². The number of hydrogen-bond acceptors (Lipinski definition) is 7. The molecule has 2 aromatic rings. The van der Waals surface area contributed by atoms with Crippen molar-refractivity contribution < 1.29 is 4.92 Å². The van der Waals surface area contributed by atoms with E-state index in [0.717, 1.165) is 32.0 Å². The normalized spacial score (nSPS) is 15.5. The number of piperazine rings is 1. The number of nitro groups is 1. The Morgan fingerprint density at radius 1 is 1.30 bits per heavy atom. The Hall–Kier alpha value is -2.48. The van der Waals surface area contributed by atoms with Gasteiger partial charge in [-0.2, -0.15) is 0 Å². The zero-order valence-corrected chi connectivity index (χ0v) is 10.7. The van der Waals surface area contributed by atoms with E-state index in [4.69, 9.17) is 5.73 Å². The van der Waals surface area contributed by atoms with Crippen molar-refractivity contribution in [2.75, 3.05) is 36.8 Å². The first-order chi connectivity index (χ1) is 9.66. The lowest BCUT2D eigenvalue weighted by Crippen LogP contribution is -2.44. The third-order valence-corrected chi connectivity index (χ3v) is 3.38. The summed E-state index contributed by atoms with van der Waals surface area (Å²) in [6.45, 7) is 3.35. The molecule has 1 fully saturated rings. The molecular formula is C12H14N6O2. The molecule has 1 aliphatic heterocycles. The molecule has 104 valence electrons. The van der Waals surface area contributed by atoms with E-state index in [1.807, 2.05) is 0 Å². The van der Waals surface area contributed by atoms with Crippen molar-refractivity contribution >= 4 is 28.1 Å². The fraction of sp³-hybridized carbons (Fsp3) is 0.333. The van der Waals surface area contributed by atoms with Crippen LogP contribution in [0.4, 0.5) is 17.2 Å². The van der Waals surface area contributed by atoms with E-state index >= 15 is 0 Å². The lowest BCUT2D eigenvalue weighted by Gasteiger charge is -2.29. The van der Waals surface area contributed by atoms with Crippen molar-refractivity contribution in [3.8, 4) is 0 Å². The fourth-order valence-electron chi connectivity index (χ4n) is 2.38. The molecule has 0 saturated carbocycles. The van der Waals surface area contributed by atoms with E-state index < -0.39 is 4.92 Å². The van der Waals surface area contributed by atoms with Crippen LogP contribution in [0.25, 0.3) is 10.9 Å². The minimum atomic E-state index is -0.483. The molecule has 1 aromatic heterocycles. The van der Waals surface area contributed by atoms with Crippen molar-refractivity contribution in [2.24, 2.45) is 0 Å². The summed E-state index contributed by atoms with van der Waals surface area (Å²) in [5.41, 5.74) is 6.32. The van der Waals surface area contributed by atoms with Gasteiger partial charge in [0, 0.05) is 37.6 Å². The van der Waals surface area contributed by atoms with Crippen molar-refractivity contribution in [3.05, 3.63) is 28.6 Å². The van der Waals surface area contributed by atoms with Gasteiger partial charge in [0.05, 0.1) is 10.4 Å². The number of hydrogen-bond donors (Lipinski definition) is 2. The molecule has 0 unspecified atom stereocenters. The van der Waals surface area contributed by atoms with E-state index in [2.05, 4.69) is 20.2 Å². The van der Waals surface area contributed by atoms with Crippen LogP contribution < -0.4 is 16.0 Å². The third-order valence-electron chi connectivity index (χ3n) is 3.38. The standard InChI is InChI=1S/C12H14N6O2/c13-9-6-10-8(5-11(9)18(19)20)12(16-7-15-10)17-3-1-14-2-4-17/h5-7,14H,1-4,13H2. The summed E-state index contributed by atoms with van der Waals surface area (Å²) >= 11 is 0. The third kappa shape index (κ3) is 2.10. The number of nitrogen functional groups attached to an aromatic ring is 1. The Morgan fingerprint density at radius 2 is 2.05 bits per heavy atom. The maximum atomic E-state index is 11.0. The number of nitrogens with two attached hydrogens (primary N) is 1. The SMILES string of the molecule is Nc1cc2ncnc(N3CCNCC3)c2cc1[N+](=O)[O-]. The van der Waals surface area contributed by atoms with Gasteiger partial charge in [0.25, 0.3) is 5.69 Å². The Bertz CT molecular complexity index is 668. The van der Waals surface area contributed by atoms with E-state index in [-0.39, 0.29) is 11.4 Å². The largest absolute Gasteiger partial charge is 0.393 e. The zero-order valence-electron chi connectivity index (χ0n) is 10.7. The van der Waals surface area contributed by atoms with Gasteiger partial charge in [-0.3, -0.25) is 10.1 Å². The summed E-state index contributed by atoms with van der Waals surface area (Å²) in [6.07, 6.45) is 1.46. The number of nitrogens with one attached hydrogen (secondary N) is 1. The van der Waals surface area contributed by atoms with Gasteiger partial charge >= 0.3 is 0 Å². The summed E-state index contributed by atoms with van der Waals surface area (Å²) in [7, 11) is 0. The summed E-state index contributed by atoms with van der Waals surface area (Å²) in [5.74, 6) is 0.722. The van der Waals surface area contributed by atoms with Gasteiger partial charge in [-0.15, -0.1) is 0 Å². The monoisotopic (exact) mass is 274 g/mol. The summed E-state index contributed by atoms with van der Waals surface area (Å²) < 4.78 is 0. The molecule has 1 aromatic carbocycles. The Kier molecular flexibility index (Phi) is 3.07. The number of aromatic nitrogens is 2. The highest BCUT2D eigenvalue weighted by Gasteiger charge is 2.19. The van der Waals surface area contributed by atoms with Crippen LogP contribution in [0.1, 0.15) is 0 Å². The molecule has 1 aliphatic rings. The van der Waals surface area contributed by atoms with Crippen LogP contribution in [-0.4, -0.2) is 41.1 Å². The van der Waals surface area contributed by atoms with Crippen molar-refractivity contribution in [1.29, 1.82) is 0 Å². The first kappa shape index (κ1) is 12.5. The molecule has 0 aliphatic carbocycles. The number of anilines is 2.